The molecule has 2 atom stereocenters. The van der Waals surface area contributed by atoms with Crippen LogP contribution in [0.5, 0.6) is 0 Å². The van der Waals surface area contributed by atoms with E-state index in [1.165, 1.54) is 4.90 Å². The van der Waals surface area contributed by atoms with Gasteiger partial charge in [-0.15, -0.1) is 0 Å². The van der Waals surface area contributed by atoms with Gasteiger partial charge in [0.1, 0.15) is 12.6 Å². The molecule has 0 aromatic heterocycles. The van der Waals surface area contributed by atoms with Crippen LogP contribution in [0.1, 0.15) is 37.0 Å². The van der Waals surface area contributed by atoms with E-state index in [2.05, 4.69) is 4.72 Å². The highest BCUT2D eigenvalue weighted by Gasteiger charge is 2.36. The summed E-state index contributed by atoms with van der Waals surface area (Å²) in [5, 5.41) is 0.451. The normalized spacial score (nSPS) is 16.4. The van der Waals surface area contributed by atoms with Crippen LogP contribution in [0.15, 0.2) is 83.9 Å². The monoisotopic (exact) mass is 537 g/mol. The summed E-state index contributed by atoms with van der Waals surface area (Å²) in [5.41, 5.74) is 2.99. The van der Waals surface area contributed by atoms with Gasteiger partial charge in [-0.05, 0) is 29.7 Å². The van der Waals surface area contributed by atoms with Crippen LogP contribution in [0.25, 0.3) is 0 Å². The summed E-state index contributed by atoms with van der Waals surface area (Å²) in [5.74, 6) is -1.66. The quantitative estimate of drug-likeness (QED) is 0.455. The number of carbonyl (C=O) groups is 2. The van der Waals surface area contributed by atoms with Gasteiger partial charge in [0.05, 0.1) is 17.2 Å². The Morgan fingerprint density at radius 2 is 1.70 bits per heavy atom. The Bertz CT molecular complexity index is 1430. The first-order chi connectivity index (χ1) is 17.7. The van der Waals surface area contributed by atoms with E-state index in [9.17, 15) is 18.0 Å². The van der Waals surface area contributed by atoms with Gasteiger partial charge in [0.25, 0.3) is 11.8 Å². The van der Waals surface area contributed by atoms with Crippen molar-refractivity contribution in [3.63, 3.8) is 0 Å². The molecule has 1 aliphatic rings. The highest BCUT2D eigenvalue weighted by molar-refractivity contribution is 7.89. The minimum absolute atomic E-state index is 0.122. The van der Waals surface area contributed by atoms with Crippen molar-refractivity contribution in [2.24, 2.45) is 10.9 Å². The van der Waals surface area contributed by atoms with Crippen molar-refractivity contribution in [2.75, 3.05) is 11.4 Å². The Hall–Kier alpha value is -3.49. The van der Waals surface area contributed by atoms with E-state index in [4.69, 9.17) is 16.6 Å². The van der Waals surface area contributed by atoms with E-state index in [0.717, 1.165) is 5.56 Å². The Balaban J connectivity index is 1.71. The van der Waals surface area contributed by atoms with Gasteiger partial charge in [0.2, 0.25) is 10.0 Å². The van der Waals surface area contributed by atoms with Crippen LogP contribution in [0, 0.1) is 5.92 Å². The molecule has 0 saturated heterocycles. The lowest BCUT2D eigenvalue weighted by atomic mass is 9.98. The molecule has 0 unspecified atom stereocenters. The van der Waals surface area contributed by atoms with E-state index >= 15 is 0 Å². The number of hydrogen-bond donors (Lipinski definition) is 1. The van der Waals surface area contributed by atoms with Gasteiger partial charge >= 0.3 is 0 Å². The molecule has 7 nitrogen and oxygen atoms in total. The van der Waals surface area contributed by atoms with E-state index in [1.54, 1.807) is 48.5 Å². The smallest absolute Gasteiger partial charge is 0.253 e. The van der Waals surface area contributed by atoms with E-state index < -0.39 is 28.5 Å². The summed E-state index contributed by atoms with van der Waals surface area (Å²) < 4.78 is 27.5. The predicted octanol–water partition coefficient (Wildman–Crippen LogP) is 4.58. The molecule has 9 heteroatoms. The third-order valence-electron chi connectivity index (χ3n) is 6.29. The van der Waals surface area contributed by atoms with Crippen molar-refractivity contribution in [1.29, 1.82) is 0 Å². The largest absolute Gasteiger partial charge is 0.300 e. The van der Waals surface area contributed by atoms with E-state index in [1.807, 2.05) is 44.2 Å². The van der Waals surface area contributed by atoms with Gasteiger partial charge in [-0.2, -0.15) is 0 Å². The van der Waals surface area contributed by atoms with Crippen molar-refractivity contribution in [1.82, 2.24) is 4.72 Å². The van der Waals surface area contributed by atoms with Crippen molar-refractivity contribution in [2.45, 2.75) is 32.1 Å². The maximum atomic E-state index is 13.8. The van der Waals surface area contributed by atoms with Crippen LogP contribution in [0.3, 0.4) is 0 Å². The van der Waals surface area contributed by atoms with E-state index in [-0.39, 0.29) is 17.6 Å². The maximum Gasteiger partial charge on any atom is 0.253 e. The molecule has 4 rings (SSSR count). The molecule has 2 amide bonds. The summed E-state index contributed by atoms with van der Waals surface area (Å²) in [4.78, 5) is 33.0. The molecule has 1 N–H and O–H groups in total. The third-order valence-corrected chi connectivity index (χ3v) is 7.78. The summed E-state index contributed by atoms with van der Waals surface area (Å²) in [7, 11) is -3.97. The zero-order valence-electron chi connectivity index (χ0n) is 20.6. The van der Waals surface area contributed by atoms with E-state index in [0.29, 0.717) is 34.0 Å². The first kappa shape index (κ1) is 26.6. The number of fused-ring (bicyclic) bond motifs is 1. The first-order valence-electron chi connectivity index (χ1n) is 12.0. The molecule has 0 aliphatic carbocycles. The lowest BCUT2D eigenvalue weighted by Crippen LogP contribution is -2.47. The van der Waals surface area contributed by atoms with Gasteiger partial charge in [-0.25, -0.2) is 8.42 Å². The molecule has 37 heavy (non-hydrogen) atoms. The maximum absolute atomic E-state index is 13.8. The third kappa shape index (κ3) is 6.26. The molecule has 1 heterocycles. The number of aliphatic imine (C=N–C) groups is 1. The summed E-state index contributed by atoms with van der Waals surface area (Å²) in [6.45, 7) is 3.42. The molecule has 3 aromatic rings. The van der Waals surface area contributed by atoms with Crippen LogP contribution in [0.2, 0.25) is 5.02 Å². The number of rotatable bonds is 8. The highest BCUT2D eigenvalue weighted by Crippen LogP contribution is 2.33. The van der Waals surface area contributed by atoms with Gasteiger partial charge in [-0.1, -0.05) is 92.5 Å². The number of hydrogen-bond acceptors (Lipinski definition) is 5. The first-order valence-corrected chi connectivity index (χ1v) is 14.0. The minimum Gasteiger partial charge on any atom is -0.300 e. The number of benzene rings is 3. The molecule has 1 aliphatic heterocycles. The lowest BCUT2D eigenvalue weighted by Gasteiger charge is -2.26. The average molecular weight is 538 g/mol. The zero-order chi connectivity index (χ0) is 26.6. The number of carbonyl (C=O) groups excluding carboxylic acids is 2. The van der Waals surface area contributed by atoms with Crippen molar-refractivity contribution in [3.05, 3.63) is 101 Å². The molecular formula is C28H28ClN3O4S. The predicted molar refractivity (Wildman–Crippen MR) is 146 cm³/mol. The number of sulfonamides is 1. The van der Waals surface area contributed by atoms with Gasteiger partial charge in [0, 0.05) is 16.1 Å². The van der Waals surface area contributed by atoms with Crippen molar-refractivity contribution < 1.29 is 18.0 Å². The molecule has 3 aromatic carbocycles. The minimum atomic E-state index is -3.97. The SMILES string of the molecule is CC[C@H](C)[C@@H]1N=C(c2ccccc2)c2cc(Cl)ccc2N(CC(=O)NS(=O)(=O)Cc2ccccc2)C1=O. The van der Waals surface area contributed by atoms with Gasteiger partial charge in [0.15, 0.2) is 0 Å². The Morgan fingerprint density at radius 1 is 1.05 bits per heavy atom. The second-order valence-corrected chi connectivity index (χ2v) is 11.2. The standard InChI is InChI=1S/C28H28ClN3O4S/c1-3-19(2)26-28(34)32(17-25(33)31-37(35,36)18-20-10-6-4-7-11-20)24-15-14-22(29)16-23(24)27(30-26)21-12-8-5-9-13-21/h4-16,19,26H,3,17-18H2,1-2H3,(H,31,33)/t19-,26-/m0/s1. The fraction of sp³-hybridized carbons (Fsp3) is 0.250. The number of amides is 2. The van der Waals surface area contributed by atoms with Gasteiger partial charge in [-0.3, -0.25) is 19.3 Å². The topological polar surface area (TPSA) is 95.9 Å². The molecule has 0 radical (unpaired) electrons. The number of nitrogens with one attached hydrogen (secondary N) is 1. The van der Waals surface area contributed by atoms with Crippen molar-refractivity contribution in [3.8, 4) is 0 Å². The highest BCUT2D eigenvalue weighted by atomic mass is 35.5. The van der Waals surface area contributed by atoms with Crippen molar-refractivity contribution >= 4 is 44.8 Å². The number of benzodiazepines with no additional fused rings is 1. The fourth-order valence-electron chi connectivity index (χ4n) is 4.24. The Labute approximate surface area is 222 Å². The van der Waals surface area contributed by atoms with Crippen LogP contribution in [-0.2, 0) is 25.4 Å². The number of anilines is 1. The second-order valence-electron chi connectivity index (χ2n) is 9.03. The number of halogens is 1. The Morgan fingerprint density at radius 3 is 2.35 bits per heavy atom. The summed E-state index contributed by atoms with van der Waals surface area (Å²) >= 11 is 6.35. The summed E-state index contributed by atoms with van der Waals surface area (Å²) in [6, 6.07) is 22.3. The number of nitrogens with zero attached hydrogens (tertiary/aromatic N) is 2. The summed E-state index contributed by atoms with van der Waals surface area (Å²) in [6.07, 6.45) is 0.685. The molecular weight excluding hydrogens is 510 g/mol. The molecule has 0 bridgehead atoms. The second kappa shape index (κ2) is 11.3. The molecule has 0 spiro atoms. The zero-order valence-corrected chi connectivity index (χ0v) is 22.2. The fourth-order valence-corrected chi connectivity index (χ4v) is 5.52. The van der Waals surface area contributed by atoms with Crippen LogP contribution < -0.4 is 9.62 Å². The van der Waals surface area contributed by atoms with Gasteiger partial charge < -0.3 is 4.90 Å². The molecule has 0 saturated carbocycles. The Kier molecular flexibility index (Phi) is 8.10. The lowest BCUT2D eigenvalue weighted by molar-refractivity contribution is -0.124. The molecule has 192 valence electrons. The average Bonchev–Trinajstić information content (AvgIpc) is 2.98. The van der Waals surface area contributed by atoms with Crippen LogP contribution >= 0.6 is 11.6 Å². The van der Waals surface area contributed by atoms with Crippen LogP contribution in [0.4, 0.5) is 5.69 Å². The van der Waals surface area contributed by atoms with Crippen LogP contribution in [-0.4, -0.2) is 38.5 Å². The molecule has 0 fully saturated rings.